The van der Waals surface area contributed by atoms with Crippen LogP contribution in [-0.4, -0.2) is 37.6 Å². The number of amides is 1. The summed E-state index contributed by atoms with van der Waals surface area (Å²) in [6, 6.07) is 18.5. The minimum atomic E-state index is -0.417. The third-order valence-electron chi connectivity index (χ3n) is 4.30. The predicted octanol–water partition coefficient (Wildman–Crippen LogP) is 2.81. The van der Waals surface area contributed by atoms with Gasteiger partial charge in [-0.1, -0.05) is 30.3 Å². The Balaban J connectivity index is 1.36. The molecule has 0 fully saturated rings. The molecule has 28 heavy (non-hydrogen) atoms. The number of rotatable bonds is 9. The number of carbonyl (C=O) groups is 1. The summed E-state index contributed by atoms with van der Waals surface area (Å²) in [7, 11) is 2.07. The molecule has 6 heteroatoms. The molecule has 0 aliphatic carbocycles. The summed E-state index contributed by atoms with van der Waals surface area (Å²) < 4.78 is 10.6. The summed E-state index contributed by atoms with van der Waals surface area (Å²) in [4.78, 5) is 25.5. The molecule has 146 valence electrons. The number of nitrogens with zero attached hydrogens (tertiary/aromatic N) is 1. The number of hydrogen-bond donors (Lipinski definition) is 1. The van der Waals surface area contributed by atoms with E-state index in [-0.39, 0.29) is 12.5 Å². The van der Waals surface area contributed by atoms with E-state index in [1.807, 2.05) is 18.2 Å². The van der Waals surface area contributed by atoms with Gasteiger partial charge >= 0.3 is 5.63 Å². The smallest absolute Gasteiger partial charge is 0.336 e. The minimum Gasteiger partial charge on any atom is -0.484 e. The SMILES string of the molecule is CN(CCCNC(=O)COc1ccc2ccc(=O)oc2c1)Cc1ccccc1. The number of ether oxygens (including phenoxy) is 1. The molecule has 3 rings (SSSR count). The van der Waals surface area contributed by atoms with Crippen LogP contribution in [-0.2, 0) is 11.3 Å². The monoisotopic (exact) mass is 380 g/mol. The summed E-state index contributed by atoms with van der Waals surface area (Å²) in [6.45, 7) is 2.28. The Hall–Kier alpha value is -3.12. The van der Waals surface area contributed by atoms with Crippen molar-refractivity contribution in [3.8, 4) is 5.75 Å². The lowest BCUT2D eigenvalue weighted by molar-refractivity contribution is -0.123. The fraction of sp³-hybridized carbons (Fsp3) is 0.273. The molecule has 0 atom stereocenters. The molecule has 0 aliphatic rings. The van der Waals surface area contributed by atoms with Crippen molar-refractivity contribution < 1.29 is 13.9 Å². The second kappa shape index (κ2) is 9.71. The quantitative estimate of drug-likeness (QED) is 0.457. The van der Waals surface area contributed by atoms with Crippen molar-refractivity contribution in [1.82, 2.24) is 10.2 Å². The van der Waals surface area contributed by atoms with Crippen molar-refractivity contribution in [3.05, 3.63) is 76.6 Å². The molecular weight excluding hydrogens is 356 g/mol. The van der Waals surface area contributed by atoms with Crippen LogP contribution in [0.2, 0.25) is 0 Å². The van der Waals surface area contributed by atoms with E-state index in [2.05, 4.69) is 29.4 Å². The van der Waals surface area contributed by atoms with E-state index in [1.165, 1.54) is 11.6 Å². The Labute approximate surface area is 163 Å². The van der Waals surface area contributed by atoms with Crippen LogP contribution in [0.3, 0.4) is 0 Å². The van der Waals surface area contributed by atoms with Crippen molar-refractivity contribution in [2.75, 3.05) is 26.7 Å². The van der Waals surface area contributed by atoms with Crippen LogP contribution in [0.15, 0.2) is 69.9 Å². The third-order valence-corrected chi connectivity index (χ3v) is 4.30. The van der Waals surface area contributed by atoms with E-state index in [0.29, 0.717) is 17.9 Å². The number of hydrogen-bond acceptors (Lipinski definition) is 5. The maximum Gasteiger partial charge on any atom is 0.336 e. The molecule has 0 spiro atoms. The summed E-state index contributed by atoms with van der Waals surface area (Å²) in [5.74, 6) is 0.305. The van der Waals surface area contributed by atoms with Crippen molar-refractivity contribution >= 4 is 16.9 Å². The fourth-order valence-corrected chi connectivity index (χ4v) is 2.88. The first-order chi connectivity index (χ1) is 13.6. The van der Waals surface area contributed by atoms with Gasteiger partial charge in [0.1, 0.15) is 11.3 Å². The molecule has 1 N–H and O–H groups in total. The normalized spacial score (nSPS) is 10.9. The van der Waals surface area contributed by atoms with E-state index in [0.717, 1.165) is 24.9 Å². The molecule has 2 aromatic carbocycles. The maximum absolute atomic E-state index is 11.9. The molecule has 0 unspecified atom stereocenters. The third kappa shape index (κ3) is 5.96. The van der Waals surface area contributed by atoms with E-state index >= 15 is 0 Å². The molecule has 1 heterocycles. The second-order valence-corrected chi connectivity index (χ2v) is 6.67. The maximum atomic E-state index is 11.9. The van der Waals surface area contributed by atoms with Crippen molar-refractivity contribution in [3.63, 3.8) is 0 Å². The van der Waals surface area contributed by atoms with Crippen LogP contribution in [0.4, 0.5) is 0 Å². The van der Waals surface area contributed by atoms with Crippen molar-refractivity contribution in [1.29, 1.82) is 0 Å². The van der Waals surface area contributed by atoms with Crippen LogP contribution in [0, 0.1) is 0 Å². The van der Waals surface area contributed by atoms with E-state index in [4.69, 9.17) is 9.15 Å². The highest BCUT2D eigenvalue weighted by Crippen LogP contribution is 2.19. The summed E-state index contributed by atoms with van der Waals surface area (Å²) >= 11 is 0. The van der Waals surface area contributed by atoms with Crippen molar-refractivity contribution in [2.24, 2.45) is 0 Å². The first kappa shape index (κ1) is 19.6. The largest absolute Gasteiger partial charge is 0.484 e. The highest BCUT2D eigenvalue weighted by atomic mass is 16.5. The van der Waals surface area contributed by atoms with E-state index in [1.54, 1.807) is 24.3 Å². The standard InChI is InChI=1S/C22H24N2O4/c1-24(15-17-6-3-2-4-7-17)13-5-12-23-21(25)16-27-19-10-8-18-9-11-22(26)28-20(18)14-19/h2-4,6-11,14H,5,12-13,15-16H2,1H3,(H,23,25). The lowest BCUT2D eigenvalue weighted by Gasteiger charge is -2.16. The number of nitrogens with one attached hydrogen (secondary N) is 1. The van der Waals surface area contributed by atoms with Gasteiger partial charge in [0.05, 0.1) is 0 Å². The van der Waals surface area contributed by atoms with E-state index < -0.39 is 5.63 Å². The number of fused-ring (bicyclic) bond motifs is 1. The zero-order valence-electron chi connectivity index (χ0n) is 15.9. The first-order valence-electron chi connectivity index (χ1n) is 9.26. The molecule has 0 saturated carbocycles. The van der Waals surface area contributed by atoms with Gasteiger partial charge < -0.3 is 19.4 Å². The van der Waals surface area contributed by atoms with Gasteiger partial charge in [-0.05, 0) is 43.8 Å². The number of carbonyl (C=O) groups excluding carboxylic acids is 1. The Morgan fingerprint density at radius 2 is 1.89 bits per heavy atom. The average Bonchev–Trinajstić information content (AvgIpc) is 2.70. The Morgan fingerprint density at radius 3 is 2.71 bits per heavy atom. The fourth-order valence-electron chi connectivity index (χ4n) is 2.88. The van der Waals surface area contributed by atoms with Gasteiger partial charge in [0.25, 0.3) is 5.91 Å². The zero-order valence-corrected chi connectivity index (χ0v) is 15.9. The zero-order chi connectivity index (χ0) is 19.8. The number of benzene rings is 2. The topological polar surface area (TPSA) is 71.8 Å². The van der Waals surface area contributed by atoms with Crippen LogP contribution in [0.25, 0.3) is 11.0 Å². The van der Waals surface area contributed by atoms with Crippen LogP contribution >= 0.6 is 0 Å². The van der Waals surface area contributed by atoms with Crippen LogP contribution in [0.1, 0.15) is 12.0 Å². The highest BCUT2D eigenvalue weighted by molar-refractivity contribution is 5.79. The molecule has 3 aromatic rings. The van der Waals surface area contributed by atoms with Gasteiger partial charge in [-0.15, -0.1) is 0 Å². The Kier molecular flexibility index (Phi) is 6.81. The lowest BCUT2D eigenvalue weighted by Crippen LogP contribution is -2.31. The summed E-state index contributed by atoms with van der Waals surface area (Å²) in [5, 5.41) is 3.66. The van der Waals surface area contributed by atoms with Gasteiger partial charge in [-0.2, -0.15) is 0 Å². The molecule has 1 aromatic heterocycles. The van der Waals surface area contributed by atoms with Gasteiger partial charge in [-0.3, -0.25) is 4.79 Å². The van der Waals surface area contributed by atoms with Crippen molar-refractivity contribution in [2.45, 2.75) is 13.0 Å². The van der Waals surface area contributed by atoms with Gasteiger partial charge in [0.15, 0.2) is 6.61 Å². The molecule has 0 bridgehead atoms. The summed E-state index contributed by atoms with van der Waals surface area (Å²) in [6.07, 6.45) is 0.857. The van der Waals surface area contributed by atoms with Gasteiger partial charge in [0.2, 0.25) is 0 Å². The van der Waals surface area contributed by atoms with E-state index in [9.17, 15) is 9.59 Å². The lowest BCUT2D eigenvalue weighted by atomic mass is 10.2. The molecule has 1 amide bonds. The predicted molar refractivity (Wildman–Crippen MR) is 108 cm³/mol. The first-order valence-corrected chi connectivity index (χ1v) is 9.26. The summed E-state index contributed by atoms with van der Waals surface area (Å²) in [5.41, 5.74) is 1.29. The van der Waals surface area contributed by atoms with Crippen LogP contribution < -0.4 is 15.7 Å². The van der Waals surface area contributed by atoms with Gasteiger partial charge in [-0.25, -0.2) is 4.79 Å². The molecular formula is C22H24N2O4. The van der Waals surface area contributed by atoms with Gasteiger partial charge in [0, 0.05) is 30.6 Å². The van der Waals surface area contributed by atoms with Crippen LogP contribution in [0.5, 0.6) is 5.75 Å². The Morgan fingerprint density at radius 1 is 1.11 bits per heavy atom. The second-order valence-electron chi connectivity index (χ2n) is 6.67. The molecule has 0 saturated heterocycles. The molecule has 6 nitrogen and oxygen atoms in total. The highest BCUT2D eigenvalue weighted by Gasteiger charge is 2.05. The Bertz CT molecular complexity index is 969. The average molecular weight is 380 g/mol. The molecule has 0 aliphatic heterocycles. The minimum absolute atomic E-state index is 0.0809. The molecule has 0 radical (unpaired) electrons.